The number of para-hydroxylation sites is 1. The van der Waals surface area contributed by atoms with Gasteiger partial charge in [-0.05, 0) is 42.3 Å². The molecule has 0 aromatic heterocycles. The smallest absolute Gasteiger partial charge is 0.423 e. The molecule has 5 nitrogen and oxygen atoms in total. The lowest BCUT2D eigenvalue weighted by Crippen LogP contribution is -2.30. The van der Waals surface area contributed by atoms with Crippen molar-refractivity contribution in [2.24, 2.45) is 5.92 Å². The molecule has 28 heavy (non-hydrogen) atoms. The summed E-state index contributed by atoms with van der Waals surface area (Å²) in [6.07, 6.45) is 3.94. The van der Waals surface area contributed by atoms with Gasteiger partial charge < -0.3 is 9.47 Å². The van der Waals surface area contributed by atoms with Crippen LogP contribution in [0.3, 0.4) is 0 Å². The normalized spacial score (nSPS) is 15.8. The van der Waals surface area contributed by atoms with Crippen LogP contribution < -0.4 is 4.74 Å². The molecule has 0 spiro atoms. The second-order valence-corrected chi connectivity index (χ2v) is 6.49. The maximum absolute atomic E-state index is 14.1. The van der Waals surface area contributed by atoms with Gasteiger partial charge in [-0.25, -0.2) is 14.0 Å². The first kappa shape index (κ1) is 19.6. The third-order valence-electron chi connectivity index (χ3n) is 4.18. The van der Waals surface area contributed by atoms with Crippen LogP contribution in [-0.4, -0.2) is 24.1 Å². The Morgan fingerprint density at radius 1 is 1.18 bits per heavy atom. The van der Waals surface area contributed by atoms with E-state index in [2.05, 4.69) is 0 Å². The van der Waals surface area contributed by atoms with Gasteiger partial charge >= 0.3 is 12.1 Å². The highest BCUT2D eigenvalue weighted by atomic mass is 35.5. The maximum atomic E-state index is 14.1. The lowest BCUT2D eigenvalue weighted by Gasteiger charge is -2.24. The van der Waals surface area contributed by atoms with Gasteiger partial charge in [0.05, 0.1) is 12.7 Å². The van der Waals surface area contributed by atoms with Gasteiger partial charge in [0.2, 0.25) is 0 Å². The van der Waals surface area contributed by atoms with Gasteiger partial charge in [0, 0.05) is 23.3 Å². The predicted molar refractivity (Wildman–Crippen MR) is 102 cm³/mol. The molecule has 0 saturated heterocycles. The van der Waals surface area contributed by atoms with E-state index in [4.69, 9.17) is 21.1 Å². The molecule has 1 amide bonds. The zero-order valence-electron chi connectivity index (χ0n) is 15.0. The lowest BCUT2D eigenvalue weighted by molar-refractivity contribution is -0.136. The van der Waals surface area contributed by atoms with Crippen LogP contribution >= 0.6 is 11.6 Å². The molecule has 1 aliphatic heterocycles. The number of rotatable bonds is 4. The first-order valence-corrected chi connectivity index (χ1v) is 8.83. The molecule has 0 N–H and O–H groups in total. The van der Waals surface area contributed by atoms with E-state index in [0.29, 0.717) is 16.3 Å². The number of hydrogen-bond donors (Lipinski definition) is 0. The van der Waals surface area contributed by atoms with Crippen LogP contribution in [0.5, 0.6) is 5.75 Å². The Bertz CT molecular complexity index is 943. The van der Waals surface area contributed by atoms with Gasteiger partial charge in [-0.1, -0.05) is 35.9 Å². The summed E-state index contributed by atoms with van der Waals surface area (Å²) in [4.78, 5) is 25.7. The number of halogens is 2. The molecule has 1 unspecified atom stereocenters. The summed E-state index contributed by atoms with van der Waals surface area (Å²) < 4.78 is 24.2. The van der Waals surface area contributed by atoms with Gasteiger partial charge in [0.15, 0.2) is 0 Å². The van der Waals surface area contributed by atoms with E-state index < -0.39 is 23.8 Å². The Morgan fingerprint density at radius 3 is 2.64 bits per heavy atom. The number of benzene rings is 2. The van der Waals surface area contributed by atoms with Crippen LogP contribution in [0.15, 0.2) is 72.6 Å². The van der Waals surface area contributed by atoms with Crippen LogP contribution in [-0.2, 0) is 16.0 Å². The van der Waals surface area contributed by atoms with Crippen LogP contribution in [0.1, 0.15) is 5.56 Å². The van der Waals surface area contributed by atoms with Crippen molar-refractivity contribution < 1.29 is 23.5 Å². The van der Waals surface area contributed by atoms with Crippen molar-refractivity contribution in [3.8, 4) is 5.75 Å². The monoisotopic (exact) mass is 401 g/mol. The Labute approximate surface area is 166 Å². The van der Waals surface area contributed by atoms with Crippen molar-refractivity contribution in [3.05, 3.63) is 89.0 Å². The molecule has 144 valence electrons. The van der Waals surface area contributed by atoms with E-state index in [1.54, 1.807) is 36.4 Å². The number of ether oxygens (including phenoxy) is 2. The molecule has 1 heterocycles. The minimum atomic E-state index is -0.684. The number of methoxy groups -OCH3 is 1. The third kappa shape index (κ3) is 4.58. The van der Waals surface area contributed by atoms with Gasteiger partial charge in [0.1, 0.15) is 11.6 Å². The van der Waals surface area contributed by atoms with Crippen LogP contribution in [0.4, 0.5) is 9.18 Å². The Morgan fingerprint density at radius 2 is 1.93 bits per heavy atom. The van der Waals surface area contributed by atoms with E-state index in [-0.39, 0.29) is 12.0 Å². The fraction of sp³-hybridized carbons (Fsp3) is 0.143. The summed E-state index contributed by atoms with van der Waals surface area (Å²) in [7, 11) is 1.24. The third-order valence-corrected chi connectivity index (χ3v) is 4.42. The predicted octanol–water partition coefficient (Wildman–Crippen LogP) is 4.72. The highest BCUT2D eigenvalue weighted by molar-refractivity contribution is 6.30. The Balaban J connectivity index is 1.81. The summed E-state index contributed by atoms with van der Waals surface area (Å²) in [5, 5.41) is 0.396. The number of esters is 1. The maximum Gasteiger partial charge on any atom is 0.423 e. The van der Waals surface area contributed by atoms with Crippen molar-refractivity contribution in [1.82, 2.24) is 4.90 Å². The van der Waals surface area contributed by atoms with E-state index in [9.17, 15) is 14.0 Å². The minimum Gasteiger partial charge on any atom is -0.466 e. The second kappa shape index (κ2) is 8.71. The number of carbonyl (C=O) groups is 2. The molecular formula is C21H17ClFNO4. The molecule has 7 heteroatoms. The number of hydrogen-bond acceptors (Lipinski definition) is 4. The standard InChI is InChI=1S/C21H17ClFNO4/c1-27-20(25)18-13-24(21(26)28-17-5-3-2-4-6-17)10-9-14(18)11-15-12-16(22)7-8-19(15)23/h2-10,12-14H,11H2,1H3. The molecule has 0 fully saturated rings. The van der Waals surface area contributed by atoms with Crippen molar-refractivity contribution in [1.29, 1.82) is 0 Å². The molecular weight excluding hydrogens is 385 g/mol. The van der Waals surface area contributed by atoms with Gasteiger partial charge in [0.25, 0.3) is 0 Å². The highest BCUT2D eigenvalue weighted by Gasteiger charge is 2.27. The molecule has 0 saturated carbocycles. The van der Waals surface area contributed by atoms with Gasteiger partial charge in [-0.3, -0.25) is 4.90 Å². The zero-order chi connectivity index (χ0) is 20.1. The zero-order valence-corrected chi connectivity index (χ0v) is 15.7. The number of amides is 1. The number of carbonyl (C=O) groups excluding carboxylic acids is 2. The summed E-state index contributed by atoms with van der Waals surface area (Å²) >= 11 is 5.94. The quantitative estimate of drug-likeness (QED) is 0.695. The fourth-order valence-corrected chi connectivity index (χ4v) is 2.98. The van der Waals surface area contributed by atoms with Crippen molar-refractivity contribution in [2.45, 2.75) is 6.42 Å². The summed E-state index contributed by atoms with van der Waals surface area (Å²) in [6.45, 7) is 0. The second-order valence-electron chi connectivity index (χ2n) is 6.05. The number of nitrogens with zero attached hydrogens (tertiary/aromatic N) is 1. The molecule has 0 radical (unpaired) electrons. The Kier molecular flexibility index (Phi) is 6.11. The molecule has 1 aliphatic rings. The minimum absolute atomic E-state index is 0.186. The number of allylic oxidation sites excluding steroid dienone is 1. The fourth-order valence-electron chi connectivity index (χ4n) is 2.78. The molecule has 1 atom stereocenters. The molecule has 2 aromatic rings. The summed E-state index contributed by atoms with van der Waals surface area (Å²) in [6, 6.07) is 12.8. The van der Waals surface area contributed by atoms with E-state index >= 15 is 0 Å². The van der Waals surface area contributed by atoms with E-state index in [0.717, 1.165) is 4.90 Å². The first-order chi connectivity index (χ1) is 13.5. The van der Waals surface area contributed by atoms with Gasteiger partial charge in [-0.15, -0.1) is 0 Å². The van der Waals surface area contributed by atoms with Crippen molar-refractivity contribution in [2.75, 3.05) is 7.11 Å². The van der Waals surface area contributed by atoms with Crippen molar-refractivity contribution in [3.63, 3.8) is 0 Å². The molecule has 0 bridgehead atoms. The molecule has 2 aromatic carbocycles. The van der Waals surface area contributed by atoms with E-state index in [1.807, 2.05) is 0 Å². The lowest BCUT2D eigenvalue weighted by atomic mass is 9.90. The average Bonchev–Trinajstić information content (AvgIpc) is 2.71. The first-order valence-electron chi connectivity index (χ1n) is 8.45. The topological polar surface area (TPSA) is 55.8 Å². The summed E-state index contributed by atoms with van der Waals surface area (Å²) in [5.74, 6) is -1.15. The Hall–Kier alpha value is -3.12. The summed E-state index contributed by atoms with van der Waals surface area (Å²) in [5.41, 5.74) is 0.562. The molecule has 3 rings (SSSR count). The van der Waals surface area contributed by atoms with Crippen LogP contribution in [0.25, 0.3) is 0 Å². The molecule has 0 aliphatic carbocycles. The largest absolute Gasteiger partial charge is 0.466 e. The van der Waals surface area contributed by atoms with Crippen LogP contribution in [0.2, 0.25) is 5.02 Å². The SMILES string of the molecule is COC(=O)C1=CN(C(=O)Oc2ccccc2)C=CC1Cc1cc(Cl)ccc1F. The highest BCUT2D eigenvalue weighted by Crippen LogP contribution is 2.27. The van der Waals surface area contributed by atoms with Crippen LogP contribution in [0, 0.1) is 11.7 Å². The average molecular weight is 402 g/mol. The van der Waals surface area contributed by atoms with E-state index in [1.165, 1.54) is 37.7 Å². The van der Waals surface area contributed by atoms with Gasteiger partial charge in [-0.2, -0.15) is 0 Å². The van der Waals surface area contributed by atoms with Crippen molar-refractivity contribution >= 4 is 23.7 Å².